The number of furan rings is 1. The Balaban J connectivity index is 1.90. The summed E-state index contributed by atoms with van der Waals surface area (Å²) in [6.07, 6.45) is 7.86. The monoisotopic (exact) mass is 251 g/mol. The van der Waals surface area contributed by atoms with E-state index in [0.29, 0.717) is 11.6 Å². The molecule has 17 heavy (non-hydrogen) atoms. The molecule has 0 spiro atoms. The molecule has 3 rings (SSSR count). The molecular weight excluding hydrogens is 238 g/mol. The van der Waals surface area contributed by atoms with Crippen LogP contribution in [-0.2, 0) is 0 Å². The lowest BCUT2D eigenvalue weighted by atomic mass is 9.95. The van der Waals surface area contributed by atoms with Gasteiger partial charge in [0, 0.05) is 12.1 Å². The van der Waals surface area contributed by atoms with Gasteiger partial charge in [0.25, 0.3) is 0 Å². The number of halogens is 1. The zero-order chi connectivity index (χ0) is 11.7. The quantitative estimate of drug-likeness (QED) is 0.829. The smallest absolute Gasteiger partial charge is 0.225 e. The molecule has 0 atom stereocenters. The van der Waals surface area contributed by atoms with Gasteiger partial charge in [0.05, 0.1) is 6.26 Å². The molecule has 0 radical (unpaired) electrons. The molecule has 2 aromatic heterocycles. The third kappa shape index (κ3) is 2.22. The summed E-state index contributed by atoms with van der Waals surface area (Å²) in [5.74, 6) is 0.719. The lowest BCUT2D eigenvalue weighted by molar-refractivity contribution is 0.461. The predicted molar refractivity (Wildman–Crippen MR) is 67.3 cm³/mol. The molecule has 0 bridgehead atoms. The molecule has 1 fully saturated rings. The first-order valence-electron chi connectivity index (χ1n) is 6.00. The highest BCUT2D eigenvalue weighted by molar-refractivity contribution is 6.28. The summed E-state index contributed by atoms with van der Waals surface area (Å²) >= 11 is 5.89. The van der Waals surface area contributed by atoms with Crippen LogP contribution in [0.2, 0.25) is 5.28 Å². The lowest BCUT2D eigenvalue weighted by Crippen LogP contribution is -2.23. The summed E-state index contributed by atoms with van der Waals surface area (Å²) in [4.78, 5) is 8.33. The van der Waals surface area contributed by atoms with E-state index in [1.165, 1.54) is 32.1 Å². The van der Waals surface area contributed by atoms with Crippen LogP contribution in [0, 0.1) is 0 Å². The molecule has 1 N–H and O–H groups in total. The molecule has 5 heteroatoms. The molecule has 0 saturated heterocycles. The van der Waals surface area contributed by atoms with Crippen molar-refractivity contribution in [3.05, 3.63) is 17.6 Å². The maximum Gasteiger partial charge on any atom is 0.225 e. The highest BCUT2D eigenvalue weighted by Crippen LogP contribution is 2.26. The van der Waals surface area contributed by atoms with Crippen LogP contribution >= 0.6 is 11.6 Å². The molecule has 0 aliphatic heterocycles. The largest absolute Gasteiger partial charge is 0.459 e. The summed E-state index contributed by atoms with van der Waals surface area (Å²) in [7, 11) is 0. The zero-order valence-electron chi connectivity index (χ0n) is 9.45. The summed E-state index contributed by atoms with van der Waals surface area (Å²) < 4.78 is 5.40. The van der Waals surface area contributed by atoms with E-state index in [4.69, 9.17) is 16.0 Å². The van der Waals surface area contributed by atoms with Gasteiger partial charge in [-0.2, -0.15) is 4.98 Å². The molecule has 4 nitrogen and oxygen atoms in total. The average Bonchev–Trinajstić information content (AvgIpc) is 2.78. The van der Waals surface area contributed by atoms with Crippen molar-refractivity contribution < 1.29 is 4.42 Å². The summed E-state index contributed by atoms with van der Waals surface area (Å²) in [6, 6.07) is 2.28. The number of aromatic nitrogens is 2. The van der Waals surface area contributed by atoms with Gasteiger partial charge in [0.2, 0.25) is 5.28 Å². The van der Waals surface area contributed by atoms with Crippen molar-refractivity contribution in [2.75, 3.05) is 5.32 Å². The first-order valence-corrected chi connectivity index (χ1v) is 6.38. The van der Waals surface area contributed by atoms with Gasteiger partial charge in [-0.3, -0.25) is 0 Å². The van der Waals surface area contributed by atoms with Crippen molar-refractivity contribution in [1.29, 1.82) is 0 Å². The Labute approximate surface area is 104 Å². The maximum absolute atomic E-state index is 5.89. The number of anilines is 1. The molecule has 1 saturated carbocycles. The van der Waals surface area contributed by atoms with Gasteiger partial charge in [-0.1, -0.05) is 19.3 Å². The number of nitrogens with one attached hydrogen (secondary N) is 1. The Hall–Kier alpha value is -1.29. The second kappa shape index (κ2) is 4.53. The number of hydrogen-bond acceptors (Lipinski definition) is 4. The Morgan fingerprint density at radius 3 is 2.88 bits per heavy atom. The zero-order valence-corrected chi connectivity index (χ0v) is 10.2. The summed E-state index contributed by atoms with van der Waals surface area (Å²) in [5.41, 5.74) is 1.45. The van der Waals surface area contributed by atoms with Crippen LogP contribution in [0.25, 0.3) is 11.1 Å². The normalized spacial score (nSPS) is 17.5. The fourth-order valence-corrected chi connectivity index (χ4v) is 2.55. The van der Waals surface area contributed by atoms with Crippen LogP contribution in [0.4, 0.5) is 5.82 Å². The Bertz CT molecular complexity index is 519. The average molecular weight is 252 g/mol. The van der Waals surface area contributed by atoms with Gasteiger partial charge < -0.3 is 9.73 Å². The highest BCUT2D eigenvalue weighted by Gasteiger charge is 2.17. The van der Waals surface area contributed by atoms with E-state index in [0.717, 1.165) is 11.3 Å². The molecule has 0 aromatic carbocycles. The minimum atomic E-state index is 0.261. The third-order valence-corrected chi connectivity index (χ3v) is 3.39. The van der Waals surface area contributed by atoms with Gasteiger partial charge in [-0.05, 0) is 24.4 Å². The Kier molecular flexibility index (Phi) is 2.89. The van der Waals surface area contributed by atoms with Crippen molar-refractivity contribution in [1.82, 2.24) is 9.97 Å². The highest BCUT2D eigenvalue weighted by atomic mass is 35.5. The second-order valence-corrected chi connectivity index (χ2v) is 4.79. The summed E-state index contributed by atoms with van der Waals surface area (Å²) in [6.45, 7) is 0. The second-order valence-electron chi connectivity index (χ2n) is 4.46. The number of nitrogens with zero attached hydrogens (tertiary/aromatic N) is 2. The SMILES string of the molecule is Clc1nc(NC2CCCCC2)c2occc2n1. The van der Waals surface area contributed by atoms with Crippen molar-refractivity contribution in [2.45, 2.75) is 38.1 Å². The van der Waals surface area contributed by atoms with Gasteiger partial charge in [-0.25, -0.2) is 4.98 Å². The number of fused-ring (bicyclic) bond motifs is 1. The lowest BCUT2D eigenvalue weighted by Gasteiger charge is -2.23. The standard InChI is InChI=1S/C12H14ClN3O/c13-12-15-9-6-7-17-10(9)11(16-12)14-8-4-2-1-3-5-8/h6-8H,1-5H2,(H,14,15,16). The first-order chi connectivity index (χ1) is 8.33. The van der Waals surface area contributed by atoms with Crippen molar-refractivity contribution >= 4 is 28.5 Å². The Morgan fingerprint density at radius 1 is 1.24 bits per heavy atom. The Morgan fingerprint density at radius 2 is 2.06 bits per heavy atom. The molecule has 0 amide bonds. The maximum atomic E-state index is 5.89. The van der Waals surface area contributed by atoms with E-state index in [1.54, 1.807) is 12.3 Å². The van der Waals surface area contributed by atoms with Gasteiger partial charge >= 0.3 is 0 Å². The predicted octanol–water partition coefficient (Wildman–Crippen LogP) is 3.62. The van der Waals surface area contributed by atoms with Crippen LogP contribution in [0.1, 0.15) is 32.1 Å². The molecule has 90 valence electrons. The van der Waals surface area contributed by atoms with E-state index in [9.17, 15) is 0 Å². The van der Waals surface area contributed by atoms with Crippen LogP contribution in [-0.4, -0.2) is 16.0 Å². The van der Waals surface area contributed by atoms with Crippen molar-refractivity contribution in [3.63, 3.8) is 0 Å². The minimum absolute atomic E-state index is 0.261. The van der Waals surface area contributed by atoms with Crippen LogP contribution in [0.3, 0.4) is 0 Å². The fourth-order valence-electron chi connectivity index (χ4n) is 2.37. The third-order valence-electron chi connectivity index (χ3n) is 3.22. The summed E-state index contributed by atoms with van der Waals surface area (Å²) in [5, 5.41) is 3.68. The van der Waals surface area contributed by atoms with E-state index in [-0.39, 0.29) is 5.28 Å². The van der Waals surface area contributed by atoms with Crippen LogP contribution in [0.5, 0.6) is 0 Å². The van der Waals surface area contributed by atoms with Crippen LogP contribution in [0.15, 0.2) is 16.7 Å². The number of rotatable bonds is 2. The molecule has 2 aromatic rings. The number of hydrogen-bond donors (Lipinski definition) is 1. The van der Waals surface area contributed by atoms with Crippen LogP contribution < -0.4 is 5.32 Å². The van der Waals surface area contributed by atoms with E-state index >= 15 is 0 Å². The van der Waals surface area contributed by atoms with Gasteiger partial charge in [0.15, 0.2) is 11.4 Å². The van der Waals surface area contributed by atoms with Gasteiger partial charge in [-0.15, -0.1) is 0 Å². The minimum Gasteiger partial charge on any atom is -0.459 e. The molecule has 2 heterocycles. The van der Waals surface area contributed by atoms with E-state index < -0.39 is 0 Å². The van der Waals surface area contributed by atoms with Crippen molar-refractivity contribution in [3.8, 4) is 0 Å². The molecule has 1 aliphatic carbocycles. The van der Waals surface area contributed by atoms with Crippen molar-refractivity contribution in [2.24, 2.45) is 0 Å². The van der Waals surface area contributed by atoms with Gasteiger partial charge in [0.1, 0.15) is 5.52 Å². The molecule has 0 unspecified atom stereocenters. The molecule has 1 aliphatic rings. The van der Waals surface area contributed by atoms with E-state index in [2.05, 4.69) is 15.3 Å². The molecular formula is C12H14ClN3O. The van der Waals surface area contributed by atoms with E-state index in [1.807, 2.05) is 0 Å². The fraction of sp³-hybridized carbons (Fsp3) is 0.500. The first kappa shape index (κ1) is 10.8. The topological polar surface area (TPSA) is 51.0 Å².